The lowest BCUT2D eigenvalue weighted by Gasteiger charge is -2.35. The number of nitrogens with zero attached hydrogens (tertiary/aromatic N) is 2. The summed E-state index contributed by atoms with van der Waals surface area (Å²) in [6.45, 7) is 2.91. The molecular weight excluding hydrogens is 302 g/mol. The van der Waals surface area contributed by atoms with Crippen LogP contribution in [0.2, 0.25) is 0 Å². The van der Waals surface area contributed by atoms with E-state index in [9.17, 15) is 13.5 Å². The van der Waals surface area contributed by atoms with E-state index in [1.807, 2.05) is 0 Å². The maximum atomic E-state index is 12.6. The molecule has 1 atom stereocenters. The number of nitrogen functional groups attached to an aromatic ring is 1. The lowest BCUT2D eigenvalue weighted by atomic mass is 10.2. The molecule has 7 heteroatoms. The fourth-order valence-corrected chi connectivity index (χ4v) is 4.26. The third kappa shape index (κ3) is 3.43. The van der Waals surface area contributed by atoms with Gasteiger partial charge < -0.3 is 10.8 Å². The quantitative estimate of drug-likeness (QED) is 0.763. The van der Waals surface area contributed by atoms with Crippen molar-refractivity contribution in [2.24, 2.45) is 5.92 Å². The number of benzene rings is 1. The Labute approximate surface area is 131 Å². The first-order chi connectivity index (χ1) is 10.5. The van der Waals surface area contributed by atoms with Gasteiger partial charge in [-0.3, -0.25) is 4.90 Å². The predicted octanol–water partition coefficient (Wildman–Crippen LogP) is 0.346. The fourth-order valence-electron chi connectivity index (χ4n) is 2.84. The van der Waals surface area contributed by atoms with Crippen LogP contribution in [0.4, 0.5) is 5.69 Å². The molecule has 1 heterocycles. The minimum atomic E-state index is -3.45. The van der Waals surface area contributed by atoms with Crippen molar-refractivity contribution in [2.45, 2.75) is 23.8 Å². The second-order valence-corrected chi connectivity index (χ2v) is 8.12. The Bertz CT molecular complexity index is 605. The molecule has 3 N–H and O–H groups in total. The molecule has 2 fully saturated rings. The normalized spacial score (nSPS) is 22.6. The zero-order valence-corrected chi connectivity index (χ0v) is 13.4. The van der Waals surface area contributed by atoms with Crippen molar-refractivity contribution in [1.29, 1.82) is 0 Å². The highest BCUT2D eigenvalue weighted by molar-refractivity contribution is 7.89. The molecule has 1 aromatic rings. The van der Waals surface area contributed by atoms with E-state index in [1.165, 1.54) is 4.31 Å². The van der Waals surface area contributed by atoms with Crippen LogP contribution in [0.5, 0.6) is 0 Å². The highest BCUT2D eigenvalue weighted by atomic mass is 32.2. The summed E-state index contributed by atoms with van der Waals surface area (Å²) < 4.78 is 26.6. The number of hydrogen-bond donors (Lipinski definition) is 2. The lowest BCUT2D eigenvalue weighted by Crippen LogP contribution is -2.50. The van der Waals surface area contributed by atoms with E-state index in [4.69, 9.17) is 5.73 Å². The van der Waals surface area contributed by atoms with Gasteiger partial charge >= 0.3 is 0 Å². The summed E-state index contributed by atoms with van der Waals surface area (Å²) in [5.74, 6) is 0.455. The molecule has 3 rings (SSSR count). The maximum Gasteiger partial charge on any atom is 0.243 e. The van der Waals surface area contributed by atoms with Crippen LogP contribution in [0.25, 0.3) is 0 Å². The molecule has 0 radical (unpaired) electrons. The van der Waals surface area contributed by atoms with Crippen molar-refractivity contribution in [1.82, 2.24) is 9.21 Å². The summed E-state index contributed by atoms with van der Waals surface area (Å²) in [4.78, 5) is 2.44. The average Bonchev–Trinajstić information content (AvgIpc) is 3.33. The molecule has 0 spiro atoms. The van der Waals surface area contributed by atoms with Crippen molar-refractivity contribution in [3.05, 3.63) is 24.3 Å². The van der Waals surface area contributed by atoms with Gasteiger partial charge in [-0.2, -0.15) is 4.31 Å². The van der Waals surface area contributed by atoms with Crippen LogP contribution in [-0.2, 0) is 10.0 Å². The Morgan fingerprint density at radius 2 is 1.73 bits per heavy atom. The van der Waals surface area contributed by atoms with Crippen molar-refractivity contribution in [2.75, 3.05) is 38.5 Å². The summed E-state index contributed by atoms with van der Waals surface area (Å²) in [6.07, 6.45) is 1.97. The Kier molecular flexibility index (Phi) is 4.40. The van der Waals surface area contributed by atoms with Crippen LogP contribution in [0, 0.1) is 5.92 Å². The van der Waals surface area contributed by atoms with E-state index < -0.39 is 10.0 Å². The van der Waals surface area contributed by atoms with Crippen molar-refractivity contribution < 1.29 is 13.5 Å². The Hall–Kier alpha value is -1.15. The number of aliphatic hydroxyl groups excluding tert-OH is 1. The fraction of sp³-hybridized carbons (Fsp3) is 0.600. The van der Waals surface area contributed by atoms with Gasteiger partial charge in [-0.05, 0) is 43.0 Å². The van der Waals surface area contributed by atoms with Crippen molar-refractivity contribution >= 4 is 15.7 Å². The second kappa shape index (κ2) is 6.16. The molecule has 1 aliphatic carbocycles. The van der Waals surface area contributed by atoms with Gasteiger partial charge in [0.1, 0.15) is 0 Å². The first-order valence-electron chi connectivity index (χ1n) is 7.73. The molecular formula is C15H23N3O3S. The second-order valence-electron chi connectivity index (χ2n) is 6.18. The monoisotopic (exact) mass is 325 g/mol. The highest BCUT2D eigenvalue weighted by Gasteiger charge is 2.33. The molecule has 1 saturated carbocycles. The molecule has 0 amide bonds. The smallest absolute Gasteiger partial charge is 0.243 e. The Morgan fingerprint density at radius 1 is 1.14 bits per heavy atom. The van der Waals surface area contributed by atoms with E-state index >= 15 is 0 Å². The van der Waals surface area contributed by atoms with Crippen LogP contribution in [0.3, 0.4) is 0 Å². The van der Waals surface area contributed by atoms with Gasteiger partial charge in [0.15, 0.2) is 0 Å². The van der Waals surface area contributed by atoms with Gasteiger partial charge in [0.05, 0.1) is 11.0 Å². The highest BCUT2D eigenvalue weighted by Crippen LogP contribution is 2.33. The molecule has 6 nitrogen and oxygen atoms in total. The van der Waals surface area contributed by atoms with Gasteiger partial charge in [-0.1, -0.05) is 0 Å². The molecule has 1 unspecified atom stereocenters. The van der Waals surface area contributed by atoms with Crippen LogP contribution in [0.15, 0.2) is 29.2 Å². The van der Waals surface area contributed by atoms with Crippen molar-refractivity contribution in [3.63, 3.8) is 0 Å². The number of piperazine rings is 1. The topological polar surface area (TPSA) is 86.9 Å². The van der Waals surface area contributed by atoms with Gasteiger partial charge in [-0.15, -0.1) is 0 Å². The van der Waals surface area contributed by atoms with Crippen LogP contribution >= 0.6 is 0 Å². The summed E-state index contributed by atoms with van der Waals surface area (Å²) >= 11 is 0. The molecule has 1 aliphatic heterocycles. The van der Waals surface area contributed by atoms with Gasteiger partial charge in [0.2, 0.25) is 10.0 Å². The predicted molar refractivity (Wildman–Crippen MR) is 84.8 cm³/mol. The first kappa shape index (κ1) is 15.7. The third-order valence-electron chi connectivity index (χ3n) is 4.46. The minimum Gasteiger partial charge on any atom is -0.399 e. The number of anilines is 1. The molecule has 0 bridgehead atoms. The largest absolute Gasteiger partial charge is 0.399 e. The van der Waals surface area contributed by atoms with Crippen LogP contribution in [-0.4, -0.2) is 61.6 Å². The van der Waals surface area contributed by atoms with Crippen molar-refractivity contribution in [3.8, 4) is 0 Å². The Morgan fingerprint density at radius 3 is 2.27 bits per heavy atom. The van der Waals surface area contributed by atoms with E-state index in [0.717, 1.165) is 12.8 Å². The number of nitrogens with two attached hydrogens (primary N) is 1. The summed E-state index contributed by atoms with van der Waals surface area (Å²) in [6, 6.07) is 6.31. The summed E-state index contributed by atoms with van der Waals surface area (Å²) in [7, 11) is -3.45. The molecule has 1 aromatic carbocycles. The summed E-state index contributed by atoms with van der Waals surface area (Å²) in [5, 5.41) is 9.99. The average molecular weight is 325 g/mol. The number of rotatable bonds is 5. The zero-order chi connectivity index (χ0) is 15.7. The van der Waals surface area contributed by atoms with Gasteiger partial charge in [0.25, 0.3) is 0 Å². The maximum absolute atomic E-state index is 12.6. The zero-order valence-electron chi connectivity index (χ0n) is 12.6. The van der Waals surface area contributed by atoms with E-state index in [2.05, 4.69) is 4.90 Å². The number of aliphatic hydroxyl groups is 1. The van der Waals surface area contributed by atoms with Crippen LogP contribution in [0.1, 0.15) is 12.8 Å². The SMILES string of the molecule is Nc1ccc(S(=O)(=O)N2CCN(CC(O)C3CC3)CC2)cc1. The summed E-state index contributed by atoms with van der Waals surface area (Å²) in [5.41, 5.74) is 6.16. The molecule has 0 aromatic heterocycles. The third-order valence-corrected chi connectivity index (χ3v) is 6.37. The standard InChI is InChI=1S/C15H23N3O3S/c16-13-3-5-14(6-4-13)22(20,21)18-9-7-17(8-10-18)11-15(19)12-1-2-12/h3-6,12,15,19H,1-2,7-11,16H2. The number of hydrogen-bond acceptors (Lipinski definition) is 5. The number of β-amino-alcohol motifs (C(OH)–C–C–N with tert-alkyl or cyclic N) is 1. The van der Waals surface area contributed by atoms with Gasteiger partial charge in [-0.25, -0.2) is 8.42 Å². The Balaban J connectivity index is 1.59. The molecule has 2 aliphatic rings. The van der Waals surface area contributed by atoms with Crippen LogP contribution < -0.4 is 5.73 Å². The lowest BCUT2D eigenvalue weighted by molar-refractivity contribution is 0.0782. The van der Waals surface area contributed by atoms with E-state index in [1.54, 1.807) is 24.3 Å². The van der Waals surface area contributed by atoms with E-state index in [-0.39, 0.29) is 11.0 Å². The van der Waals surface area contributed by atoms with E-state index in [0.29, 0.717) is 44.3 Å². The molecule has 1 saturated heterocycles. The number of sulfonamides is 1. The molecule has 122 valence electrons. The van der Waals surface area contributed by atoms with Gasteiger partial charge in [0, 0.05) is 38.4 Å². The minimum absolute atomic E-state index is 0.264. The molecule has 22 heavy (non-hydrogen) atoms. The first-order valence-corrected chi connectivity index (χ1v) is 9.17.